The van der Waals surface area contributed by atoms with Gasteiger partial charge in [0.1, 0.15) is 5.75 Å². The second-order valence-electron chi connectivity index (χ2n) is 4.48. The van der Waals surface area contributed by atoms with Gasteiger partial charge < -0.3 is 14.7 Å². The topological polar surface area (TPSA) is 49.8 Å². The van der Waals surface area contributed by atoms with E-state index < -0.39 is 5.60 Å². The molecule has 0 spiro atoms. The van der Waals surface area contributed by atoms with E-state index in [0.717, 1.165) is 11.3 Å². The number of nitrogens with zero attached hydrogens (tertiary/aromatic N) is 1. The van der Waals surface area contributed by atoms with Gasteiger partial charge in [-0.05, 0) is 31.5 Å². The minimum atomic E-state index is -0.904. The van der Waals surface area contributed by atoms with Crippen molar-refractivity contribution >= 4 is 11.6 Å². The van der Waals surface area contributed by atoms with Crippen LogP contribution in [0.5, 0.6) is 5.75 Å². The molecule has 1 aromatic rings. The lowest BCUT2D eigenvalue weighted by Crippen LogP contribution is -2.35. The van der Waals surface area contributed by atoms with Crippen LogP contribution in [-0.4, -0.2) is 24.7 Å². The Morgan fingerprint density at radius 1 is 1.44 bits per heavy atom. The third-order valence-corrected chi connectivity index (χ3v) is 2.75. The monoisotopic (exact) mass is 221 g/mol. The van der Waals surface area contributed by atoms with E-state index in [9.17, 15) is 9.90 Å². The van der Waals surface area contributed by atoms with E-state index in [-0.39, 0.29) is 12.5 Å². The third-order valence-electron chi connectivity index (χ3n) is 2.75. The Kier molecular flexibility index (Phi) is 2.39. The van der Waals surface area contributed by atoms with Crippen LogP contribution >= 0.6 is 0 Å². The molecule has 86 valence electrons. The zero-order chi connectivity index (χ0) is 11.9. The highest BCUT2D eigenvalue weighted by atomic mass is 16.5. The number of benzene rings is 1. The zero-order valence-corrected chi connectivity index (χ0v) is 9.65. The number of amides is 1. The standard InChI is InChI=1S/C12H15NO3/c1-12(2,15)8-4-5-9-10(6-8)16-7-11(14)13(9)3/h4-6,15H,7H2,1-3H3. The summed E-state index contributed by atoms with van der Waals surface area (Å²) in [7, 11) is 1.72. The molecule has 4 nitrogen and oxygen atoms in total. The second kappa shape index (κ2) is 3.49. The molecule has 0 aromatic heterocycles. The molecule has 0 radical (unpaired) electrons. The quantitative estimate of drug-likeness (QED) is 0.777. The van der Waals surface area contributed by atoms with Crippen LogP contribution in [0.25, 0.3) is 0 Å². The SMILES string of the molecule is CN1C(=O)COc2cc(C(C)(C)O)ccc21. The first-order valence-electron chi connectivity index (χ1n) is 5.16. The molecule has 16 heavy (non-hydrogen) atoms. The molecule has 1 N–H and O–H groups in total. The van der Waals surface area contributed by atoms with E-state index in [1.165, 1.54) is 0 Å². The van der Waals surface area contributed by atoms with Crippen molar-refractivity contribution in [1.82, 2.24) is 0 Å². The average molecular weight is 221 g/mol. The summed E-state index contributed by atoms with van der Waals surface area (Å²) in [5, 5.41) is 9.87. The Labute approximate surface area is 94.4 Å². The smallest absolute Gasteiger partial charge is 0.264 e. The molecule has 0 saturated heterocycles. The van der Waals surface area contributed by atoms with Crippen LogP contribution in [0, 0.1) is 0 Å². The maximum absolute atomic E-state index is 11.4. The van der Waals surface area contributed by atoms with E-state index in [2.05, 4.69) is 0 Å². The van der Waals surface area contributed by atoms with Gasteiger partial charge in [-0.3, -0.25) is 4.79 Å². The molecule has 1 aromatic carbocycles. The molecule has 4 heteroatoms. The number of carbonyl (C=O) groups excluding carboxylic acids is 1. The van der Waals surface area contributed by atoms with Crippen LogP contribution in [0.4, 0.5) is 5.69 Å². The van der Waals surface area contributed by atoms with Crippen molar-refractivity contribution in [2.24, 2.45) is 0 Å². The van der Waals surface area contributed by atoms with E-state index in [0.29, 0.717) is 5.75 Å². The van der Waals surface area contributed by atoms with Gasteiger partial charge in [-0.15, -0.1) is 0 Å². The molecule has 0 aliphatic carbocycles. The first kappa shape index (κ1) is 11.0. The zero-order valence-electron chi connectivity index (χ0n) is 9.65. The number of aliphatic hydroxyl groups is 1. The minimum absolute atomic E-state index is 0.0544. The van der Waals surface area contributed by atoms with Gasteiger partial charge in [-0.2, -0.15) is 0 Å². The van der Waals surface area contributed by atoms with E-state index in [4.69, 9.17) is 4.74 Å². The number of likely N-dealkylation sites (N-methyl/N-ethyl adjacent to an activating group) is 1. The predicted octanol–water partition coefficient (Wildman–Crippen LogP) is 1.27. The minimum Gasteiger partial charge on any atom is -0.482 e. The fourth-order valence-corrected chi connectivity index (χ4v) is 1.66. The number of ether oxygens (including phenoxy) is 1. The fraction of sp³-hybridized carbons (Fsp3) is 0.417. The summed E-state index contributed by atoms with van der Waals surface area (Å²) in [6.07, 6.45) is 0. The van der Waals surface area contributed by atoms with Gasteiger partial charge in [0.05, 0.1) is 11.3 Å². The summed E-state index contributed by atoms with van der Waals surface area (Å²) in [6.45, 7) is 3.48. The third kappa shape index (κ3) is 1.76. The van der Waals surface area contributed by atoms with Gasteiger partial charge in [0.25, 0.3) is 5.91 Å². The van der Waals surface area contributed by atoms with E-state index >= 15 is 0 Å². The summed E-state index contributed by atoms with van der Waals surface area (Å²) in [4.78, 5) is 13.0. The van der Waals surface area contributed by atoms with Crippen molar-refractivity contribution in [2.45, 2.75) is 19.4 Å². The molecule has 1 aliphatic heterocycles. The molecule has 2 rings (SSSR count). The van der Waals surface area contributed by atoms with E-state index in [1.807, 2.05) is 0 Å². The summed E-state index contributed by atoms with van der Waals surface area (Å²) < 4.78 is 5.34. The van der Waals surface area contributed by atoms with Gasteiger partial charge >= 0.3 is 0 Å². The van der Waals surface area contributed by atoms with Crippen LogP contribution in [-0.2, 0) is 10.4 Å². The highest BCUT2D eigenvalue weighted by Gasteiger charge is 2.24. The van der Waals surface area contributed by atoms with Gasteiger partial charge in [0.2, 0.25) is 0 Å². The average Bonchev–Trinajstić information content (AvgIpc) is 2.22. The van der Waals surface area contributed by atoms with Crippen molar-refractivity contribution in [2.75, 3.05) is 18.6 Å². The van der Waals surface area contributed by atoms with Gasteiger partial charge in [-0.1, -0.05) is 6.07 Å². The Morgan fingerprint density at radius 3 is 2.75 bits per heavy atom. The van der Waals surface area contributed by atoms with Crippen molar-refractivity contribution in [3.8, 4) is 5.75 Å². The fourth-order valence-electron chi connectivity index (χ4n) is 1.66. The van der Waals surface area contributed by atoms with Crippen molar-refractivity contribution < 1.29 is 14.6 Å². The molecule has 1 heterocycles. The first-order chi connectivity index (χ1) is 7.39. The number of fused-ring (bicyclic) bond motifs is 1. The second-order valence-corrected chi connectivity index (χ2v) is 4.48. The largest absolute Gasteiger partial charge is 0.482 e. The molecule has 0 unspecified atom stereocenters. The lowest BCUT2D eigenvalue weighted by atomic mass is 9.97. The predicted molar refractivity (Wildman–Crippen MR) is 60.6 cm³/mol. The van der Waals surface area contributed by atoms with Crippen LogP contribution in [0.15, 0.2) is 18.2 Å². The maximum Gasteiger partial charge on any atom is 0.264 e. The van der Waals surface area contributed by atoms with Gasteiger partial charge in [0, 0.05) is 7.05 Å². The number of hydrogen-bond donors (Lipinski definition) is 1. The molecule has 0 atom stereocenters. The normalized spacial score (nSPS) is 15.8. The highest BCUT2D eigenvalue weighted by Crippen LogP contribution is 2.34. The molecular formula is C12H15NO3. The first-order valence-corrected chi connectivity index (χ1v) is 5.16. The molecule has 1 aliphatic rings. The number of hydrogen-bond acceptors (Lipinski definition) is 3. The summed E-state index contributed by atoms with van der Waals surface area (Å²) >= 11 is 0. The summed E-state index contributed by atoms with van der Waals surface area (Å²) in [6, 6.07) is 5.37. The van der Waals surface area contributed by atoms with Crippen molar-refractivity contribution in [3.63, 3.8) is 0 Å². The molecule has 0 fully saturated rings. The highest BCUT2D eigenvalue weighted by molar-refractivity contribution is 5.97. The van der Waals surface area contributed by atoms with Gasteiger partial charge in [0.15, 0.2) is 6.61 Å². The number of carbonyl (C=O) groups is 1. The Hall–Kier alpha value is -1.55. The molecular weight excluding hydrogens is 206 g/mol. The Morgan fingerprint density at radius 2 is 2.12 bits per heavy atom. The summed E-state index contributed by atoms with van der Waals surface area (Å²) in [5.41, 5.74) is 0.608. The summed E-state index contributed by atoms with van der Waals surface area (Å²) in [5.74, 6) is 0.574. The Balaban J connectivity index is 2.45. The molecule has 0 saturated carbocycles. The number of anilines is 1. The van der Waals surface area contributed by atoms with Crippen LogP contribution < -0.4 is 9.64 Å². The van der Waals surface area contributed by atoms with Gasteiger partial charge in [-0.25, -0.2) is 0 Å². The lowest BCUT2D eigenvalue weighted by Gasteiger charge is -2.28. The van der Waals surface area contributed by atoms with Crippen LogP contribution in [0.2, 0.25) is 0 Å². The Bertz CT molecular complexity index is 434. The number of rotatable bonds is 1. The van der Waals surface area contributed by atoms with Crippen LogP contribution in [0.3, 0.4) is 0 Å². The molecule has 1 amide bonds. The maximum atomic E-state index is 11.4. The van der Waals surface area contributed by atoms with E-state index in [1.54, 1.807) is 44.0 Å². The lowest BCUT2D eigenvalue weighted by molar-refractivity contribution is -0.120. The molecule has 0 bridgehead atoms. The van der Waals surface area contributed by atoms with Crippen molar-refractivity contribution in [3.05, 3.63) is 23.8 Å². The van der Waals surface area contributed by atoms with Crippen molar-refractivity contribution in [1.29, 1.82) is 0 Å². The van der Waals surface area contributed by atoms with Crippen LogP contribution in [0.1, 0.15) is 19.4 Å².